The van der Waals surface area contributed by atoms with Gasteiger partial charge in [-0.1, -0.05) is 25.4 Å². The fraction of sp³-hybridized carbons (Fsp3) is 0.385. The summed E-state index contributed by atoms with van der Waals surface area (Å²) in [5.74, 6) is 0.404. The predicted octanol–water partition coefficient (Wildman–Crippen LogP) is 3.70. The quantitative estimate of drug-likeness (QED) is 0.928. The molecule has 5 heteroatoms. The highest BCUT2D eigenvalue weighted by atomic mass is 35.5. The molecule has 0 radical (unpaired) electrons. The van der Waals surface area contributed by atoms with Gasteiger partial charge in [-0.3, -0.25) is 4.98 Å². The molecule has 0 aromatic carbocycles. The lowest BCUT2D eigenvalue weighted by Gasteiger charge is -2.03. The van der Waals surface area contributed by atoms with Gasteiger partial charge >= 0.3 is 0 Å². The Labute approximate surface area is 116 Å². The molecule has 1 N–H and O–H groups in total. The SMILES string of the molecule is CNCc1sc(-c2ncccc2Cl)nc1C(C)C. The topological polar surface area (TPSA) is 37.8 Å². The van der Waals surface area contributed by atoms with Crippen LogP contribution in [-0.4, -0.2) is 17.0 Å². The van der Waals surface area contributed by atoms with Crippen LogP contribution in [0.4, 0.5) is 0 Å². The molecule has 0 spiro atoms. The van der Waals surface area contributed by atoms with Gasteiger partial charge in [-0.2, -0.15) is 0 Å². The zero-order valence-electron chi connectivity index (χ0n) is 10.7. The van der Waals surface area contributed by atoms with E-state index < -0.39 is 0 Å². The van der Waals surface area contributed by atoms with Crippen molar-refractivity contribution in [2.75, 3.05) is 7.05 Å². The van der Waals surface area contributed by atoms with Crippen molar-refractivity contribution < 1.29 is 0 Å². The maximum absolute atomic E-state index is 6.17. The van der Waals surface area contributed by atoms with Crippen molar-refractivity contribution in [2.45, 2.75) is 26.3 Å². The fourth-order valence-corrected chi connectivity index (χ4v) is 3.25. The van der Waals surface area contributed by atoms with Crippen LogP contribution in [0.2, 0.25) is 5.02 Å². The van der Waals surface area contributed by atoms with Crippen LogP contribution in [0.5, 0.6) is 0 Å². The van der Waals surface area contributed by atoms with Gasteiger partial charge in [0.15, 0.2) is 0 Å². The second kappa shape index (κ2) is 5.78. The molecule has 2 heterocycles. The first-order valence-corrected chi connectivity index (χ1v) is 7.08. The summed E-state index contributed by atoms with van der Waals surface area (Å²) in [4.78, 5) is 10.3. The van der Waals surface area contributed by atoms with Crippen molar-refractivity contribution in [3.63, 3.8) is 0 Å². The first-order valence-electron chi connectivity index (χ1n) is 5.88. The van der Waals surface area contributed by atoms with Crippen molar-refractivity contribution in [2.24, 2.45) is 0 Å². The van der Waals surface area contributed by atoms with Gasteiger partial charge in [-0.15, -0.1) is 11.3 Å². The number of thiazole rings is 1. The molecule has 3 nitrogen and oxygen atoms in total. The summed E-state index contributed by atoms with van der Waals surface area (Å²) in [7, 11) is 1.94. The molecule has 0 unspecified atom stereocenters. The zero-order chi connectivity index (χ0) is 13.1. The van der Waals surface area contributed by atoms with E-state index in [4.69, 9.17) is 16.6 Å². The Hall–Kier alpha value is -0.970. The second-order valence-electron chi connectivity index (χ2n) is 4.35. The van der Waals surface area contributed by atoms with E-state index in [0.29, 0.717) is 10.9 Å². The van der Waals surface area contributed by atoms with Gasteiger partial charge < -0.3 is 5.32 Å². The van der Waals surface area contributed by atoms with Crippen molar-refractivity contribution in [3.05, 3.63) is 33.9 Å². The van der Waals surface area contributed by atoms with Crippen molar-refractivity contribution >= 4 is 22.9 Å². The van der Waals surface area contributed by atoms with E-state index in [-0.39, 0.29) is 0 Å². The molecule has 0 aliphatic heterocycles. The van der Waals surface area contributed by atoms with Crippen LogP contribution < -0.4 is 5.32 Å². The van der Waals surface area contributed by atoms with Gasteiger partial charge in [0.05, 0.1) is 10.7 Å². The number of pyridine rings is 1. The van der Waals surface area contributed by atoms with Crippen LogP contribution in [-0.2, 0) is 6.54 Å². The van der Waals surface area contributed by atoms with E-state index in [2.05, 4.69) is 24.1 Å². The maximum atomic E-state index is 6.17. The molecule has 0 saturated heterocycles. The minimum absolute atomic E-state index is 0.404. The Balaban J connectivity index is 2.47. The average molecular weight is 282 g/mol. The highest BCUT2D eigenvalue weighted by molar-refractivity contribution is 7.15. The molecule has 2 aromatic rings. The van der Waals surface area contributed by atoms with Gasteiger partial charge in [0.2, 0.25) is 0 Å². The number of nitrogens with zero attached hydrogens (tertiary/aromatic N) is 2. The average Bonchev–Trinajstić information content (AvgIpc) is 2.74. The van der Waals surface area contributed by atoms with Gasteiger partial charge in [-0.05, 0) is 25.1 Å². The van der Waals surface area contributed by atoms with Crippen molar-refractivity contribution in [3.8, 4) is 10.7 Å². The van der Waals surface area contributed by atoms with Crippen LogP contribution in [0, 0.1) is 0 Å². The highest BCUT2D eigenvalue weighted by Crippen LogP contribution is 2.33. The van der Waals surface area contributed by atoms with Crippen LogP contribution in [0.25, 0.3) is 10.7 Å². The van der Waals surface area contributed by atoms with Crippen molar-refractivity contribution in [1.82, 2.24) is 15.3 Å². The molecular weight excluding hydrogens is 266 g/mol. The van der Waals surface area contributed by atoms with Gasteiger partial charge in [0.25, 0.3) is 0 Å². The van der Waals surface area contributed by atoms with Crippen molar-refractivity contribution in [1.29, 1.82) is 0 Å². The number of hydrogen-bond acceptors (Lipinski definition) is 4. The zero-order valence-corrected chi connectivity index (χ0v) is 12.3. The van der Waals surface area contributed by atoms with Crippen LogP contribution in [0.3, 0.4) is 0 Å². The minimum atomic E-state index is 0.404. The summed E-state index contributed by atoms with van der Waals surface area (Å²) in [6.45, 7) is 5.13. The standard InChI is InChI=1S/C13H16ClN3S/c1-8(2)11-10(7-15-3)18-13(17-11)12-9(14)5-4-6-16-12/h4-6,8,15H,7H2,1-3H3. The minimum Gasteiger partial charge on any atom is -0.315 e. The largest absolute Gasteiger partial charge is 0.315 e. The van der Waals surface area contributed by atoms with Crippen LogP contribution in [0.1, 0.15) is 30.3 Å². The molecule has 18 heavy (non-hydrogen) atoms. The van der Waals surface area contributed by atoms with Gasteiger partial charge in [-0.25, -0.2) is 4.98 Å². The molecule has 0 bridgehead atoms. The molecule has 0 saturated carbocycles. The Morgan fingerprint density at radius 2 is 2.22 bits per heavy atom. The fourth-order valence-electron chi connectivity index (χ4n) is 1.75. The second-order valence-corrected chi connectivity index (χ2v) is 5.84. The van der Waals surface area contributed by atoms with E-state index in [1.165, 1.54) is 4.88 Å². The van der Waals surface area contributed by atoms with E-state index in [1.807, 2.05) is 19.2 Å². The third-order valence-electron chi connectivity index (χ3n) is 2.57. The predicted molar refractivity (Wildman–Crippen MR) is 77.2 cm³/mol. The summed E-state index contributed by atoms with van der Waals surface area (Å²) in [5, 5.41) is 4.72. The summed E-state index contributed by atoms with van der Waals surface area (Å²) in [5.41, 5.74) is 1.90. The maximum Gasteiger partial charge on any atom is 0.143 e. The third kappa shape index (κ3) is 2.71. The Morgan fingerprint density at radius 1 is 1.44 bits per heavy atom. The van der Waals surface area contributed by atoms with E-state index in [0.717, 1.165) is 22.9 Å². The first-order chi connectivity index (χ1) is 8.63. The Bertz CT molecular complexity index is 537. The number of nitrogens with one attached hydrogen (secondary N) is 1. The molecule has 0 aliphatic rings. The monoisotopic (exact) mass is 281 g/mol. The molecule has 0 amide bonds. The number of aromatic nitrogens is 2. The summed E-state index contributed by atoms with van der Waals surface area (Å²) < 4.78 is 0. The summed E-state index contributed by atoms with van der Waals surface area (Å²) in [6.07, 6.45) is 1.75. The molecule has 2 aromatic heterocycles. The Kier molecular flexibility index (Phi) is 4.32. The first kappa shape index (κ1) is 13.5. The third-order valence-corrected chi connectivity index (χ3v) is 3.96. The van der Waals surface area contributed by atoms with E-state index in [9.17, 15) is 0 Å². The lowest BCUT2D eigenvalue weighted by Crippen LogP contribution is -2.06. The van der Waals surface area contributed by atoms with Gasteiger partial charge in [0.1, 0.15) is 10.7 Å². The number of rotatable bonds is 4. The highest BCUT2D eigenvalue weighted by Gasteiger charge is 2.16. The van der Waals surface area contributed by atoms with Crippen LogP contribution in [0.15, 0.2) is 18.3 Å². The summed E-state index contributed by atoms with van der Waals surface area (Å²) in [6, 6.07) is 3.68. The summed E-state index contributed by atoms with van der Waals surface area (Å²) >= 11 is 7.82. The molecule has 0 fully saturated rings. The molecule has 2 rings (SSSR count). The molecule has 0 atom stereocenters. The molecule has 0 aliphatic carbocycles. The lowest BCUT2D eigenvalue weighted by molar-refractivity contribution is 0.771. The lowest BCUT2D eigenvalue weighted by atomic mass is 10.1. The molecule has 96 valence electrons. The molecular formula is C13H16ClN3S. The Morgan fingerprint density at radius 3 is 2.83 bits per heavy atom. The van der Waals surface area contributed by atoms with Crippen LogP contribution >= 0.6 is 22.9 Å². The van der Waals surface area contributed by atoms with E-state index in [1.54, 1.807) is 17.5 Å². The number of halogens is 1. The number of hydrogen-bond donors (Lipinski definition) is 1. The van der Waals surface area contributed by atoms with E-state index >= 15 is 0 Å². The normalized spacial score (nSPS) is 11.2. The smallest absolute Gasteiger partial charge is 0.143 e. The van der Waals surface area contributed by atoms with Gasteiger partial charge in [0, 0.05) is 17.6 Å².